The maximum atomic E-state index is 5.37. The molecule has 1 heterocycles. The van der Waals surface area contributed by atoms with E-state index in [0.29, 0.717) is 6.04 Å². The van der Waals surface area contributed by atoms with Crippen molar-refractivity contribution in [2.24, 2.45) is 0 Å². The summed E-state index contributed by atoms with van der Waals surface area (Å²) in [6.07, 6.45) is 0. The van der Waals surface area contributed by atoms with Crippen molar-refractivity contribution in [2.75, 3.05) is 31.6 Å². The Morgan fingerprint density at radius 2 is 2.20 bits per heavy atom. The molecule has 1 fully saturated rings. The number of rotatable bonds is 2. The minimum absolute atomic E-state index is 0.545. The Hall–Kier alpha value is -1.22. The van der Waals surface area contributed by atoms with E-state index in [2.05, 4.69) is 29.3 Å². The van der Waals surface area contributed by atoms with Gasteiger partial charge in [-0.1, -0.05) is 12.1 Å². The summed E-state index contributed by atoms with van der Waals surface area (Å²) in [5.74, 6) is 0.964. The highest BCUT2D eigenvalue weighted by Crippen LogP contribution is 2.28. The second-order valence-corrected chi connectivity index (χ2v) is 3.97. The number of nitrogens with zero attached hydrogens (tertiary/aromatic N) is 1. The van der Waals surface area contributed by atoms with Crippen LogP contribution in [0.4, 0.5) is 5.69 Å². The molecule has 0 aliphatic carbocycles. The number of para-hydroxylation sites is 2. The van der Waals surface area contributed by atoms with E-state index in [1.54, 1.807) is 7.11 Å². The summed E-state index contributed by atoms with van der Waals surface area (Å²) in [5, 5.41) is 3.44. The topological polar surface area (TPSA) is 24.5 Å². The van der Waals surface area contributed by atoms with Crippen molar-refractivity contribution in [1.29, 1.82) is 0 Å². The molecule has 1 atom stereocenters. The van der Waals surface area contributed by atoms with Crippen LogP contribution in [0.25, 0.3) is 0 Å². The van der Waals surface area contributed by atoms with Gasteiger partial charge in [-0.15, -0.1) is 0 Å². The van der Waals surface area contributed by atoms with Crippen LogP contribution < -0.4 is 15.0 Å². The highest BCUT2D eigenvalue weighted by molar-refractivity contribution is 5.58. The van der Waals surface area contributed by atoms with Gasteiger partial charge in [0.1, 0.15) is 5.75 Å². The van der Waals surface area contributed by atoms with Crippen molar-refractivity contribution in [1.82, 2.24) is 5.32 Å². The van der Waals surface area contributed by atoms with Gasteiger partial charge in [0.25, 0.3) is 0 Å². The van der Waals surface area contributed by atoms with Crippen LogP contribution in [-0.4, -0.2) is 32.8 Å². The molecule has 15 heavy (non-hydrogen) atoms. The summed E-state index contributed by atoms with van der Waals surface area (Å²) in [5.41, 5.74) is 1.20. The molecule has 1 aliphatic rings. The van der Waals surface area contributed by atoms with E-state index in [9.17, 15) is 0 Å². The Morgan fingerprint density at radius 1 is 1.40 bits per heavy atom. The summed E-state index contributed by atoms with van der Waals surface area (Å²) < 4.78 is 5.37. The predicted octanol–water partition coefficient (Wildman–Crippen LogP) is 1.49. The smallest absolute Gasteiger partial charge is 0.142 e. The van der Waals surface area contributed by atoms with Crippen LogP contribution >= 0.6 is 0 Å². The van der Waals surface area contributed by atoms with E-state index in [1.807, 2.05) is 12.1 Å². The van der Waals surface area contributed by atoms with Crippen LogP contribution in [0, 0.1) is 0 Å². The fourth-order valence-corrected chi connectivity index (χ4v) is 2.04. The van der Waals surface area contributed by atoms with Crippen molar-refractivity contribution in [3.05, 3.63) is 24.3 Å². The van der Waals surface area contributed by atoms with Gasteiger partial charge < -0.3 is 15.0 Å². The fourth-order valence-electron chi connectivity index (χ4n) is 2.04. The van der Waals surface area contributed by atoms with Gasteiger partial charge >= 0.3 is 0 Å². The van der Waals surface area contributed by atoms with Crippen LogP contribution in [0.3, 0.4) is 0 Å². The quantitative estimate of drug-likeness (QED) is 0.793. The lowest BCUT2D eigenvalue weighted by molar-refractivity contribution is 0.410. The molecule has 0 spiro atoms. The van der Waals surface area contributed by atoms with Crippen LogP contribution in [0.2, 0.25) is 0 Å². The molecule has 1 N–H and O–H groups in total. The van der Waals surface area contributed by atoms with Gasteiger partial charge in [0.2, 0.25) is 0 Å². The first-order valence-corrected chi connectivity index (χ1v) is 5.42. The maximum Gasteiger partial charge on any atom is 0.142 e. The first-order chi connectivity index (χ1) is 7.31. The van der Waals surface area contributed by atoms with E-state index in [4.69, 9.17) is 4.74 Å². The molecule has 2 rings (SSSR count). The van der Waals surface area contributed by atoms with E-state index in [0.717, 1.165) is 25.4 Å². The maximum absolute atomic E-state index is 5.37. The van der Waals surface area contributed by atoms with Gasteiger partial charge in [0.15, 0.2) is 0 Å². The van der Waals surface area contributed by atoms with Gasteiger partial charge in [0.05, 0.1) is 12.8 Å². The monoisotopic (exact) mass is 206 g/mol. The third-order valence-electron chi connectivity index (χ3n) is 2.79. The van der Waals surface area contributed by atoms with Crippen LogP contribution in [0.1, 0.15) is 6.92 Å². The summed E-state index contributed by atoms with van der Waals surface area (Å²) in [7, 11) is 1.73. The molecule has 82 valence electrons. The first-order valence-electron chi connectivity index (χ1n) is 5.42. The minimum Gasteiger partial charge on any atom is -0.495 e. The Morgan fingerprint density at radius 3 is 2.93 bits per heavy atom. The molecule has 0 unspecified atom stereocenters. The van der Waals surface area contributed by atoms with Crippen LogP contribution in [0.5, 0.6) is 5.75 Å². The highest BCUT2D eigenvalue weighted by Gasteiger charge is 2.18. The average molecular weight is 206 g/mol. The lowest BCUT2D eigenvalue weighted by Crippen LogP contribution is -2.49. The van der Waals surface area contributed by atoms with Crippen molar-refractivity contribution >= 4 is 5.69 Å². The molecule has 0 bridgehead atoms. The van der Waals surface area contributed by atoms with Crippen molar-refractivity contribution in [3.8, 4) is 5.75 Å². The van der Waals surface area contributed by atoms with E-state index < -0.39 is 0 Å². The number of hydrogen-bond donors (Lipinski definition) is 1. The molecule has 0 radical (unpaired) electrons. The molecule has 1 saturated heterocycles. The zero-order chi connectivity index (χ0) is 10.7. The van der Waals surface area contributed by atoms with Crippen LogP contribution in [0.15, 0.2) is 24.3 Å². The number of nitrogens with one attached hydrogen (secondary N) is 1. The Labute approximate surface area is 91.0 Å². The zero-order valence-electron chi connectivity index (χ0n) is 9.36. The molecule has 3 nitrogen and oxygen atoms in total. The Bertz CT molecular complexity index is 327. The Kier molecular flexibility index (Phi) is 3.11. The van der Waals surface area contributed by atoms with Crippen molar-refractivity contribution < 1.29 is 4.74 Å². The summed E-state index contributed by atoms with van der Waals surface area (Å²) in [6, 6.07) is 8.75. The van der Waals surface area contributed by atoms with Crippen LogP contribution in [-0.2, 0) is 0 Å². The largest absolute Gasteiger partial charge is 0.495 e. The highest BCUT2D eigenvalue weighted by atomic mass is 16.5. The number of piperazine rings is 1. The molecule has 0 aromatic heterocycles. The molecule has 1 aliphatic heterocycles. The standard InChI is InChI=1S/C12H18N2O/c1-10-9-14(8-7-13-10)11-5-3-4-6-12(11)15-2/h3-6,10,13H,7-9H2,1-2H3/t10-/m0/s1. The van der Waals surface area contributed by atoms with Gasteiger partial charge in [-0.3, -0.25) is 0 Å². The van der Waals surface area contributed by atoms with E-state index >= 15 is 0 Å². The molecular weight excluding hydrogens is 188 g/mol. The number of benzene rings is 1. The average Bonchev–Trinajstić information content (AvgIpc) is 2.29. The molecule has 0 amide bonds. The summed E-state index contributed by atoms with van der Waals surface area (Å²) in [4.78, 5) is 2.38. The molecule has 1 aromatic rings. The number of methoxy groups -OCH3 is 1. The lowest BCUT2D eigenvalue weighted by atomic mass is 10.2. The number of hydrogen-bond acceptors (Lipinski definition) is 3. The third kappa shape index (κ3) is 2.23. The van der Waals surface area contributed by atoms with Gasteiger partial charge in [-0.05, 0) is 19.1 Å². The van der Waals surface area contributed by atoms with Gasteiger partial charge in [-0.2, -0.15) is 0 Å². The van der Waals surface area contributed by atoms with E-state index in [1.165, 1.54) is 5.69 Å². The SMILES string of the molecule is COc1ccccc1N1CCN[C@@H](C)C1. The summed E-state index contributed by atoms with van der Waals surface area (Å²) in [6.45, 7) is 5.34. The number of ether oxygens (including phenoxy) is 1. The summed E-state index contributed by atoms with van der Waals surface area (Å²) >= 11 is 0. The lowest BCUT2D eigenvalue weighted by Gasteiger charge is -2.34. The molecule has 3 heteroatoms. The number of anilines is 1. The van der Waals surface area contributed by atoms with Crippen molar-refractivity contribution in [2.45, 2.75) is 13.0 Å². The van der Waals surface area contributed by atoms with Gasteiger partial charge in [0, 0.05) is 25.7 Å². The second-order valence-electron chi connectivity index (χ2n) is 3.97. The van der Waals surface area contributed by atoms with Gasteiger partial charge in [-0.25, -0.2) is 0 Å². The molecular formula is C12H18N2O. The first kappa shape index (κ1) is 10.3. The fraction of sp³-hybridized carbons (Fsp3) is 0.500. The Balaban J connectivity index is 2.20. The minimum atomic E-state index is 0.545. The normalized spacial score (nSPS) is 21.5. The zero-order valence-corrected chi connectivity index (χ0v) is 9.36. The van der Waals surface area contributed by atoms with Crippen molar-refractivity contribution in [3.63, 3.8) is 0 Å². The second kappa shape index (κ2) is 4.53. The third-order valence-corrected chi connectivity index (χ3v) is 2.79. The molecule has 0 saturated carbocycles. The predicted molar refractivity (Wildman–Crippen MR) is 62.7 cm³/mol. The van der Waals surface area contributed by atoms with E-state index in [-0.39, 0.29) is 0 Å². The molecule has 1 aromatic carbocycles.